The maximum absolute atomic E-state index is 11.9. The Hall–Kier alpha value is -5.62. The molecule has 6 nitrogen and oxygen atoms in total. The van der Waals surface area contributed by atoms with Crippen molar-refractivity contribution in [3.63, 3.8) is 0 Å². The summed E-state index contributed by atoms with van der Waals surface area (Å²) in [5, 5.41) is 27.0. The zero-order valence-corrected chi connectivity index (χ0v) is 23.9. The van der Waals surface area contributed by atoms with E-state index in [0.29, 0.717) is 53.8 Å². The van der Waals surface area contributed by atoms with Gasteiger partial charge in [0, 0.05) is 11.1 Å². The lowest BCUT2D eigenvalue weighted by molar-refractivity contribution is 0.318. The number of hydrogen-bond acceptors (Lipinski definition) is 6. The first-order valence-corrected chi connectivity index (χ1v) is 14.6. The molecule has 0 saturated heterocycles. The molecular weight excluding hydrogens is 548 g/mol. The summed E-state index contributed by atoms with van der Waals surface area (Å²) in [7, 11) is 0. The number of aliphatic imine (C=N–C) groups is 2. The van der Waals surface area contributed by atoms with Crippen LogP contribution >= 0.6 is 0 Å². The molecule has 0 aromatic heterocycles. The van der Waals surface area contributed by atoms with Crippen LogP contribution in [0.25, 0.3) is 32.7 Å². The standard InChI is InChI=1S/C32H24N2O4.C6H6/c35-29-24(31-33-14-15-37-31)16-20-10-4-6-12-22(20)27(29)28-23-13-7-5-11-21(23)17-25(30(28)36)32-34-26(18-38-32)19-8-2-1-3-9-19;1-2-4-6-5-3-1/h1-13,16-17,26,35-36H,14-15,18H2;1-6H. The van der Waals surface area contributed by atoms with Crippen LogP contribution < -0.4 is 0 Å². The number of hydrogen-bond donors (Lipinski definition) is 2. The molecule has 0 radical (unpaired) electrons. The highest BCUT2D eigenvalue weighted by Gasteiger charge is 2.29. The predicted octanol–water partition coefficient (Wildman–Crippen LogP) is 8.05. The third kappa shape index (κ3) is 5.11. The molecule has 1 unspecified atom stereocenters. The summed E-state index contributed by atoms with van der Waals surface area (Å²) < 4.78 is 11.8. The van der Waals surface area contributed by atoms with Gasteiger partial charge in [0.25, 0.3) is 0 Å². The molecule has 0 aliphatic carbocycles. The molecule has 2 aliphatic heterocycles. The van der Waals surface area contributed by atoms with Crippen molar-refractivity contribution in [1.82, 2.24) is 0 Å². The van der Waals surface area contributed by atoms with Crippen molar-refractivity contribution in [3.8, 4) is 22.6 Å². The van der Waals surface area contributed by atoms with Crippen LogP contribution in [0, 0.1) is 0 Å². The van der Waals surface area contributed by atoms with Crippen LogP contribution in [0.1, 0.15) is 22.7 Å². The van der Waals surface area contributed by atoms with Crippen molar-refractivity contribution in [1.29, 1.82) is 0 Å². The lowest BCUT2D eigenvalue weighted by atomic mass is 9.88. The maximum Gasteiger partial charge on any atom is 0.220 e. The van der Waals surface area contributed by atoms with Gasteiger partial charge in [-0.3, -0.25) is 0 Å². The van der Waals surface area contributed by atoms with E-state index < -0.39 is 0 Å². The average molecular weight is 579 g/mol. The van der Waals surface area contributed by atoms with Crippen molar-refractivity contribution in [3.05, 3.63) is 144 Å². The Morgan fingerprint density at radius 1 is 0.568 bits per heavy atom. The highest BCUT2D eigenvalue weighted by atomic mass is 16.5. The number of nitrogens with zero attached hydrogens (tertiary/aromatic N) is 2. The van der Waals surface area contributed by atoms with Crippen molar-refractivity contribution in [2.75, 3.05) is 19.8 Å². The molecule has 0 amide bonds. The third-order valence-electron chi connectivity index (χ3n) is 7.84. The van der Waals surface area contributed by atoms with Gasteiger partial charge in [-0.05, 0) is 39.2 Å². The molecule has 0 bridgehead atoms. The van der Waals surface area contributed by atoms with Gasteiger partial charge >= 0.3 is 0 Å². The molecule has 6 heteroatoms. The van der Waals surface area contributed by atoms with Gasteiger partial charge in [-0.25, -0.2) is 9.98 Å². The Morgan fingerprint density at radius 3 is 1.61 bits per heavy atom. The smallest absolute Gasteiger partial charge is 0.220 e. The highest BCUT2D eigenvalue weighted by Crippen LogP contribution is 2.48. The molecule has 44 heavy (non-hydrogen) atoms. The lowest BCUT2D eigenvalue weighted by Gasteiger charge is -2.18. The van der Waals surface area contributed by atoms with Gasteiger partial charge in [-0.2, -0.15) is 0 Å². The van der Waals surface area contributed by atoms with Crippen LogP contribution in [0.3, 0.4) is 0 Å². The fraction of sp³-hybridized carbons (Fsp3) is 0.105. The van der Waals surface area contributed by atoms with Crippen LogP contribution in [0.15, 0.2) is 137 Å². The van der Waals surface area contributed by atoms with E-state index in [1.54, 1.807) is 0 Å². The molecule has 6 aromatic carbocycles. The van der Waals surface area contributed by atoms with Crippen LogP contribution in [0.4, 0.5) is 0 Å². The molecule has 1 atom stereocenters. The quantitative estimate of drug-likeness (QED) is 0.222. The Labute approximate surface area is 255 Å². The molecule has 216 valence electrons. The number of rotatable bonds is 4. The van der Waals surface area contributed by atoms with Gasteiger partial charge in [0.1, 0.15) is 30.8 Å². The first-order valence-electron chi connectivity index (χ1n) is 14.6. The second-order valence-corrected chi connectivity index (χ2v) is 10.6. The van der Waals surface area contributed by atoms with E-state index in [1.807, 2.05) is 127 Å². The minimum Gasteiger partial charge on any atom is -0.506 e. The number of phenols is 2. The minimum absolute atomic E-state index is 0.00282. The molecule has 0 saturated carbocycles. The third-order valence-corrected chi connectivity index (χ3v) is 7.84. The summed E-state index contributed by atoms with van der Waals surface area (Å²) in [4.78, 5) is 9.27. The molecular formula is C38H30N2O4. The van der Waals surface area contributed by atoms with E-state index in [0.717, 1.165) is 27.1 Å². The summed E-state index contributed by atoms with van der Waals surface area (Å²) in [6.07, 6.45) is 0. The summed E-state index contributed by atoms with van der Waals surface area (Å²) >= 11 is 0. The average Bonchev–Trinajstić information content (AvgIpc) is 3.80. The lowest BCUT2D eigenvalue weighted by Crippen LogP contribution is -2.05. The highest BCUT2D eigenvalue weighted by molar-refractivity contribution is 6.16. The van der Waals surface area contributed by atoms with E-state index >= 15 is 0 Å². The zero-order chi connectivity index (χ0) is 29.9. The molecule has 2 aliphatic rings. The van der Waals surface area contributed by atoms with Crippen molar-refractivity contribution in [2.24, 2.45) is 9.98 Å². The molecule has 8 rings (SSSR count). The zero-order valence-electron chi connectivity index (χ0n) is 23.9. The van der Waals surface area contributed by atoms with Gasteiger partial charge in [0.15, 0.2) is 0 Å². The van der Waals surface area contributed by atoms with Gasteiger partial charge < -0.3 is 19.7 Å². The van der Waals surface area contributed by atoms with E-state index in [1.165, 1.54) is 0 Å². The fourth-order valence-corrected chi connectivity index (χ4v) is 5.76. The number of phenolic OH excluding ortho intramolecular Hbond substituents is 2. The van der Waals surface area contributed by atoms with Crippen molar-refractivity contribution < 1.29 is 19.7 Å². The Kier molecular flexibility index (Phi) is 7.39. The normalized spacial score (nSPS) is 15.6. The van der Waals surface area contributed by atoms with Crippen LogP contribution in [-0.4, -0.2) is 41.8 Å². The summed E-state index contributed by atoms with van der Waals surface area (Å²) in [5.74, 6) is 0.803. The summed E-state index contributed by atoms with van der Waals surface area (Å²) in [5.41, 5.74) is 3.08. The van der Waals surface area contributed by atoms with Crippen molar-refractivity contribution in [2.45, 2.75) is 6.04 Å². The second-order valence-electron chi connectivity index (χ2n) is 10.6. The van der Waals surface area contributed by atoms with Gasteiger partial charge in [-0.15, -0.1) is 0 Å². The monoisotopic (exact) mass is 578 g/mol. The summed E-state index contributed by atoms with van der Waals surface area (Å²) in [6.45, 7) is 1.41. The van der Waals surface area contributed by atoms with E-state index in [9.17, 15) is 10.2 Å². The number of fused-ring (bicyclic) bond motifs is 2. The SMILES string of the molecule is Oc1c(C2=NCCO2)cc2ccccc2c1-c1c(O)c(C2=NC(c3ccccc3)CO2)cc2ccccc12.c1ccccc1. The van der Waals surface area contributed by atoms with E-state index in [2.05, 4.69) is 4.99 Å². The molecule has 6 aromatic rings. The van der Waals surface area contributed by atoms with Gasteiger partial charge in [0.05, 0.1) is 17.7 Å². The summed E-state index contributed by atoms with van der Waals surface area (Å²) in [6, 6.07) is 41.2. The minimum atomic E-state index is -0.157. The first-order chi connectivity index (χ1) is 21.7. The largest absolute Gasteiger partial charge is 0.506 e. The molecule has 0 spiro atoms. The van der Waals surface area contributed by atoms with Gasteiger partial charge in [0.2, 0.25) is 11.8 Å². The number of benzene rings is 6. The Balaban J connectivity index is 0.000000468. The molecule has 0 fully saturated rings. The van der Waals surface area contributed by atoms with Crippen LogP contribution in [0.5, 0.6) is 11.5 Å². The van der Waals surface area contributed by atoms with Gasteiger partial charge in [-0.1, -0.05) is 115 Å². The predicted molar refractivity (Wildman–Crippen MR) is 176 cm³/mol. The Morgan fingerprint density at radius 2 is 1.07 bits per heavy atom. The topological polar surface area (TPSA) is 83.6 Å². The van der Waals surface area contributed by atoms with Crippen LogP contribution in [0.2, 0.25) is 0 Å². The first kappa shape index (κ1) is 27.2. The van der Waals surface area contributed by atoms with E-state index in [-0.39, 0.29) is 17.5 Å². The number of aromatic hydroxyl groups is 2. The second kappa shape index (κ2) is 11.9. The number of ether oxygens (including phenoxy) is 2. The fourth-order valence-electron chi connectivity index (χ4n) is 5.76. The molecule has 2 N–H and O–H groups in total. The molecule has 2 heterocycles. The maximum atomic E-state index is 11.9. The van der Waals surface area contributed by atoms with E-state index in [4.69, 9.17) is 14.5 Å². The van der Waals surface area contributed by atoms with Crippen molar-refractivity contribution >= 4 is 33.3 Å². The Bertz CT molecular complexity index is 1990. The van der Waals surface area contributed by atoms with Crippen LogP contribution in [-0.2, 0) is 9.47 Å².